The third-order valence-electron chi connectivity index (χ3n) is 16.0. The summed E-state index contributed by atoms with van der Waals surface area (Å²) in [4.78, 5) is 126. The van der Waals surface area contributed by atoms with E-state index in [0.29, 0.717) is 47.7 Å². The van der Waals surface area contributed by atoms with Gasteiger partial charge < -0.3 is 55.8 Å². The Hall–Kier alpha value is -10.9. The second-order valence-corrected chi connectivity index (χ2v) is 25.9. The van der Waals surface area contributed by atoms with Crippen LogP contribution in [0.3, 0.4) is 0 Å². The van der Waals surface area contributed by atoms with Gasteiger partial charge in [0, 0.05) is 67.8 Å². The molecule has 0 saturated heterocycles. The van der Waals surface area contributed by atoms with Gasteiger partial charge in [-0.3, -0.25) is 34.2 Å². The molecule has 0 unspecified atom stereocenters. The van der Waals surface area contributed by atoms with Crippen LogP contribution in [0, 0.1) is 5.41 Å². The largest absolute Gasteiger partial charge is 0.443 e. The van der Waals surface area contributed by atoms with Crippen LogP contribution in [0.1, 0.15) is 125 Å². The average molecular weight is 1330 g/mol. The number of aromatic nitrogens is 3. The summed E-state index contributed by atoms with van der Waals surface area (Å²) < 4.78 is 13.0. The van der Waals surface area contributed by atoms with Gasteiger partial charge in [0.25, 0.3) is 5.91 Å². The zero-order valence-electron chi connectivity index (χ0n) is 56.9. The van der Waals surface area contributed by atoms with Gasteiger partial charge in [-0.1, -0.05) is 172 Å². The molecule has 4 atom stereocenters. The molecule has 2 heterocycles. The fraction of sp³-hybridized carbons (Fsp3) is 0.342. The van der Waals surface area contributed by atoms with Crippen LogP contribution in [0.2, 0.25) is 0 Å². The molecule has 0 aliphatic heterocycles. The number of imidazole rings is 1. The maximum atomic E-state index is 15.4. The Morgan fingerprint density at radius 3 is 1.58 bits per heavy atom. The van der Waals surface area contributed by atoms with Crippen LogP contribution in [-0.2, 0) is 58.2 Å². The smallest absolute Gasteiger partial charge is 0.427 e. The van der Waals surface area contributed by atoms with Crippen LogP contribution < -0.4 is 31.9 Å². The molecule has 8 rings (SSSR count). The molecular formula is C76H90N12O10. The number of amides is 8. The lowest BCUT2D eigenvalue weighted by molar-refractivity contribution is -0.138. The van der Waals surface area contributed by atoms with Crippen LogP contribution in [0.15, 0.2) is 195 Å². The van der Waals surface area contributed by atoms with Crippen LogP contribution in [0.4, 0.5) is 9.59 Å². The Morgan fingerprint density at radius 2 is 1.04 bits per heavy atom. The Bertz CT molecular complexity index is 3850. The molecule has 8 N–H and O–H groups in total. The molecule has 0 aliphatic carbocycles. The van der Waals surface area contributed by atoms with Gasteiger partial charge in [0.1, 0.15) is 40.9 Å². The number of para-hydroxylation sites is 1. The van der Waals surface area contributed by atoms with Crippen LogP contribution in [0.25, 0.3) is 10.9 Å². The number of ether oxygens (including phenoxy) is 2. The van der Waals surface area contributed by atoms with Crippen LogP contribution >= 0.6 is 0 Å². The highest BCUT2D eigenvalue weighted by Crippen LogP contribution is 2.41. The summed E-state index contributed by atoms with van der Waals surface area (Å²) >= 11 is 0. The number of benzene rings is 6. The lowest BCUT2D eigenvalue weighted by Gasteiger charge is -2.37. The van der Waals surface area contributed by atoms with E-state index >= 15 is 14.4 Å². The zero-order chi connectivity index (χ0) is 70.4. The van der Waals surface area contributed by atoms with Crippen LogP contribution in [-0.4, -0.2) is 139 Å². The summed E-state index contributed by atoms with van der Waals surface area (Å²) in [6.45, 7) is 13.7. The third-order valence-corrected chi connectivity index (χ3v) is 16.0. The first-order valence-corrected chi connectivity index (χ1v) is 33.2. The molecule has 6 aromatic carbocycles. The van der Waals surface area contributed by atoms with Crippen molar-refractivity contribution < 1.29 is 47.8 Å². The fourth-order valence-corrected chi connectivity index (χ4v) is 11.6. The van der Waals surface area contributed by atoms with Gasteiger partial charge in [-0.2, -0.15) is 0 Å². The molecule has 22 heteroatoms. The number of nitrogens with one attached hydrogen (secondary N) is 8. The predicted octanol–water partition coefficient (Wildman–Crippen LogP) is 9.73. The number of carbonyl (C=O) groups excluding carboxylic acids is 8. The molecule has 0 saturated carbocycles. The van der Waals surface area contributed by atoms with Crippen molar-refractivity contribution in [1.82, 2.24) is 56.2 Å². The number of nitrogens with zero attached hydrogens (tertiary/aromatic N) is 4. The monoisotopic (exact) mass is 1330 g/mol. The summed E-state index contributed by atoms with van der Waals surface area (Å²) in [5.41, 5.74) is 2.50. The van der Waals surface area contributed by atoms with Crippen LogP contribution in [0.5, 0.6) is 0 Å². The highest BCUT2D eigenvalue weighted by atomic mass is 16.6. The Labute approximate surface area is 572 Å². The van der Waals surface area contributed by atoms with Gasteiger partial charge in [0.05, 0.1) is 18.6 Å². The Balaban J connectivity index is 1.14. The van der Waals surface area contributed by atoms with E-state index in [9.17, 15) is 24.0 Å². The number of hydrogen-bond acceptors (Lipinski definition) is 12. The molecule has 8 amide bonds. The van der Waals surface area contributed by atoms with E-state index in [-0.39, 0.29) is 44.6 Å². The molecule has 0 spiro atoms. The molecule has 0 aliphatic rings. The van der Waals surface area contributed by atoms with Gasteiger partial charge in [0.15, 0.2) is 0 Å². The number of carbonyl (C=O) groups is 8. The maximum Gasteiger partial charge on any atom is 0.427 e. The van der Waals surface area contributed by atoms with Crippen molar-refractivity contribution in [1.29, 1.82) is 5.41 Å². The zero-order valence-corrected chi connectivity index (χ0v) is 56.9. The second kappa shape index (κ2) is 34.2. The molecular weight excluding hydrogens is 1240 g/mol. The standard InChI is InChI=1S/C76H90N12O10/c1-9-43-86(44-10-2)70(94)64(46-54-48-79-60-40-27-26-39-59(54)60)85-67(91)61(41-28-42-78-71(77)88(72(95)97-74(3,4)5)73(96)98-75(6,7)8)83-68(92)62(45-52-29-16-11-17-30-52)84-69(93)63(82-65(89)49-80-66(90)53-31-18-12-19-32-53)47-58-50-87(51-81-58)76(55-33-20-13-21-34-55,56-35-22-14-23-36-56)57-37-24-15-25-38-57/h11-27,29-40,48,50-51,61-64,79H,9-10,28,41-47,49H2,1-8H3,(H2,77,78)(H,80,90)(H,82,89)(H,83,92)(H,84,93)(H,85,91)/t61-,62+,63-,64+/m0/s1. The van der Waals surface area contributed by atoms with Gasteiger partial charge in [-0.25, -0.2) is 14.6 Å². The minimum Gasteiger partial charge on any atom is -0.443 e. The van der Waals surface area contributed by atoms with E-state index in [0.717, 1.165) is 33.2 Å². The number of aromatic amines is 1. The summed E-state index contributed by atoms with van der Waals surface area (Å²) in [6, 6.07) is 49.1. The fourth-order valence-electron chi connectivity index (χ4n) is 11.6. The lowest BCUT2D eigenvalue weighted by Crippen LogP contribution is -2.59. The summed E-state index contributed by atoms with van der Waals surface area (Å²) in [5.74, 6) is -4.64. The van der Waals surface area contributed by atoms with E-state index in [4.69, 9.17) is 19.9 Å². The van der Waals surface area contributed by atoms with Crippen molar-refractivity contribution in [2.75, 3.05) is 26.2 Å². The topological polar surface area (TPSA) is 291 Å². The van der Waals surface area contributed by atoms with Gasteiger partial charge in [0.2, 0.25) is 35.5 Å². The van der Waals surface area contributed by atoms with Gasteiger partial charge in [-0.15, -0.1) is 4.90 Å². The first-order chi connectivity index (χ1) is 47.0. The molecule has 2 aromatic heterocycles. The van der Waals surface area contributed by atoms with Crippen molar-refractivity contribution >= 4 is 64.5 Å². The minimum atomic E-state index is -1.44. The molecule has 514 valence electrons. The van der Waals surface area contributed by atoms with E-state index in [1.165, 1.54) is 0 Å². The number of hydrogen-bond donors (Lipinski definition) is 8. The molecule has 98 heavy (non-hydrogen) atoms. The van der Waals surface area contributed by atoms with Crippen molar-refractivity contribution in [2.24, 2.45) is 0 Å². The third kappa shape index (κ3) is 19.9. The van der Waals surface area contributed by atoms with E-state index in [1.807, 2.05) is 140 Å². The highest BCUT2D eigenvalue weighted by Gasteiger charge is 2.40. The van der Waals surface area contributed by atoms with E-state index in [1.54, 1.807) is 120 Å². The van der Waals surface area contributed by atoms with E-state index < -0.39 is 95.1 Å². The molecule has 0 bridgehead atoms. The average Bonchev–Trinajstić information content (AvgIpc) is 0.827. The quantitative estimate of drug-likeness (QED) is 0.00941. The summed E-state index contributed by atoms with van der Waals surface area (Å²) in [6.07, 6.45) is 3.83. The number of H-pyrrole nitrogens is 1. The SMILES string of the molecule is CCCN(CCC)C(=O)[C@@H](Cc1c[nH]c2ccccc12)NC(=O)[C@H](CCCNC(=N)N(C(=O)OC(C)(C)C)C(=O)OC(C)(C)C)NC(=O)[C@@H](Cc1ccccc1)NC(=O)[C@H](Cc1cn(C(c2ccccc2)(c2ccccc2)c2ccccc2)cn1)NC(=O)CNC(=O)c1ccccc1. The van der Waals surface area contributed by atoms with Gasteiger partial charge in [-0.05, 0) is 113 Å². The number of imide groups is 1. The summed E-state index contributed by atoms with van der Waals surface area (Å²) in [7, 11) is 0. The Morgan fingerprint density at radius 1 is 0.561 bits per heavy atom. The number of fused-ring (bicyclic) bond motifs is 1. The molecule has 0 fully saturated rings. The molecule has 0 radical (unpaired) electrons. The van der Waals surface area contributed by atoms with Gasteiger partial charge >= 0.3 is 12.2 Å². The minimum absolute atomic E-state index is 0.00740. The molecule has 8 aromatic rings. The first kappa shape index (κ1) is 72.9. The summed E-state index contributed by atoms with van der Waals surface area (Å²) in [5, 5.41) is 26.8. The number of guanidine groups is 1. The first-order valence-electron chi connectivity index (χ1n) is 33.2. The number of rotatable bonds is 29. The normalized spacial score (nSPS) is 12.7. The highest BCUT2D eigenvalue weighted by molar-refractivity contribution is 6.07. The molecule has 22 nitrogen and oxygen atoms in total. The predicted molar refractivity (Wildman–Crippen MR) is 376 cm³/mol. The second-order valence-electron chi connectivity index (χ2n) is 25.9. The van der Waals surface area contributed by atoms with E-state index in [2.05, 4.69) is 36.9 Å². The van der Waals surface area contributed by atoms with Crippen molar-refractivity contribution in [3.8, 4) is 0 Å². The van der Waals surface area contributed by atoms with Crippen molar-refractivity contribution in [3.05, 3.63) is 234 Å². The maximum absolute atomic E-state index is 15.4. The lowest BCUT2D eigenvalue weighted by atomic mass is 9.77. The Kier molecular flexibility index (Phi) is 25.4. The van der Waals surface area contributed by atoms with Crippen molar-refractivity contribution in [2.45, 2.75) is 141 Å². The van der Waals surface area contributed by atoms with Crippen molar-refractivity contribution in [3.63, 3.8) is 0 Å².